The van der Waals surface area contributed by atoms with Crippen LogP contribution < -0.4 is 5.56 Å². The van der Waals surface area contributed by atoms with Gasteiger partial charge in [-0.15, -0.1) is 0 Å². The summed E-state index contributed by atoms with van der Waals surface area (Å²) in [5.74, 6) is 1.09. The van der Waals surface area contributed by atoms with E-state index < -0.39 is 0 Å². The topological polar surface area (TPSA) is 66.3 Å². The van der Waals surface area contributed by atoms with Crippen LogP contribution in [0.2, 0.25) is 0 Å². The van der Waals surface area contributed by atoms with E-state index in [1.807, 2.05) is 12.1 Å². The van der Waals surface area contributed by atoms with Crippen molar-refractivity contribution >= 4 is 5.78 Å². The Hall–Kier alpha value is -2.47. The molecule has 0 amide bonds. The van der Waals surface area contributed by atoms with E-state index in [9.17, 15) is 4.79 Å². The minimum absolute atomic E-state index is 0.103. The number of likely N-dealkylation sites (tertiary alicyclic amines) is 1. The number of nitrogens with one attached hydrogen (secondary N) is 1. The van der Waals surface area contributed by atoms with Crippen molar-refractivity contribution in [3.05, 3.63) is 51.9 Å². The molecule has 4 rings (SSSR count). The van der Waals surface area contributed by atoms with Gasteiger partial charge in [-0.05, 0) is 37.3 Å². The molecule has 0 radical (unpaired) electrons. The quantitative estimate of drug-likeness (QED) is 0.752. The van der Waals surface area contributed by atoms with Gasteiger partial charge in [0.15, 0.2) is 5.82 Å². The predicted molar refractivity (Wildman–Crippen MR) is 111 cm³/mol. The maximum absolute atomic E-state index is 12.6. The highest BCUT2D eigenvalue weighted by molar-refractivity contribution is 5.57. The van der Waals surface area contributed by atoms with Crippen molar-refractivity contribution in [3.8, 4) is 11.4 Å². The summed E-state index contributed by atoms with van der Waals surface area (Å²) in [5, 5.41) is 3.09. The molecular weight excluding hydrogens is 350 g/mol. The number of rotatable bonds is 3. The SMILES string of the molecule is CC1CCCCN1Cc1cc(=O)n2[nH]c(-c3ccc(C(C)(C)C)cc3)nc2n1. The molecule has 148 valence electrons. The lowest BCUT2D eigenvalue weighted by molar-refractivity contribution is 0.151. The number of hydrogen-bond acceptors (Lipinski definition) is 4. The fourth-order valence-electron chi connectivity index (χ4n) is 3.87. The molecule has 1 saturated heterocycles. The molecule has 3 aromatic rings. The lowest BCUT2D eigenvalue weighted by Gasteiger charge is -2.32. The highest BCUT2D eigenvalue weighted by Crippen LogP contribution is 2.25. The van der Waals surface area contributed by atoms with Crippen LogP contribution in [0.3, 0.4) is 0 Å². The highest BCUT2D eigenvalue weighted by atomic mass is 16.1. The number of H-pyrrole nitrogens is 1. The van der Waals surface area contributed by atoms with E-state index in [1.165, 1.54) is 29.3 Å². The van der Waals surface area contributed by atoms with Gasteiger partial charge in [0.1, 0.15) is 0 Å². The zero-order valence-corrected chi connectivity index (χ0v) is 17.2. The van der Waals surface area contributed by atoms with E-state index in [0.717, 1.165) is 17.8 Å². The maximum atomic E-state index is 12.6. The monoisotopic (exact) mass is 379 g/mol. The van der Waals surface area contributed by atoms with Crippen molar-refractivity contribution in [2.45, 2.75) is 65.0 Å². The summed E-state index contributed by atoms with van der Waals surface area (Å²) in [6.07, 6.45) is 3.70. The van der Waals surface area contributed by atoms with Crippen LogP contribution in [0.25, 0.3) is 17.2 Å². The van der Waals surface area contributed by atoms with Gasteiger partial charge in [0, 0.05) is 24.2 Å². The van der Waals surface area contributed by atoms with Gasteiger partial charge in [-0.2, -0.15) is 9.50 Å². The van der Waals surface area contributed by atoms with Gasteiger partial charge in [0.05, 0.1) is 5.69 Å². The lowest BCUT2D eigenvalue weighted by Crippen LogP contribution is -2.37. The average Bonchev–Trinajstić information content (AvgIpc) is 3.08. The summed E-state index contributed by atoms with van der Waals surface area (Å²) in [7, 11) is 0. The smallest absolute Gasteiger partial charge is 0.274 e. The van der Waals surface area contributed by atoms with Crippen molar-refractivity contribution in [2.24, 2.45) is 0 Å². The minimum Gasteiger partial charge on any atom is -0.295 e. The Morgan fingerprint density at radius 1 is 1.14 bits per heavy atom. The van der Waals surface area contributed by atoms with E-state index in [4.69, 9.17) is 0 Å². The molecule has 1 atom stereocenters. The summed E-state index contributed by atoms with van der Waals surface area (Å²) in [6, 6.07) is 10.5. The fraction of sp³-hybridized carbons (Fsp3) is 0.500. The Bertz CT molecular complexity index is 1030. The standard InChI is InChI=1S/C22H29N5O/c1-15-7-5-6-12-26(15)14-18-13-19(28)27-21(23-18)24-20(25-27)16-8-10-17(11-9-16)22(2,3)4/h8-11,13,15H,5-7,12,14H2,1-4H3,(H,23,24,25). The first-order valence-corrected chi connectivity index (χ1v) is 10.1. The molecule has 0 aliphatic carbocycles. The van der Waals surface area contributed by atoms with E-state index >= 15 is 0 Å². The summed E-state index contributed by atoms with van der Waals surface area (Å²) >= 11 is 0. The largest absolute Gasteiger partial charge is 0.295 e. The van der Waals surface area contributed by atoms with Gasteiger partial charge in [-0.25, -0.2) is 4.98 Å². The molecule has 6 heteroatoms. The molecule has 1 unspecified atom stereocenters. The Kier molecular flexibility index (Phi) is 4.83. The van der Waals surface area contributed by atoms with E-state index in [0.29, 0.717) is 24.2 Å². The fourth-order valence-corrected chi connectivity index (χ4v) is 3.87. The third-order valence-electron chi connectivity index (χ3n) is 5.71. The number of aromatic nitrogens is 4. The molecule has 0 saturated carbocycles. The summed E-state index contributed by atoms with van der Waals surface area (Å²) in [5.41, 5.74) is 2.99. The number of aromatic amines is 1. The van der Waals surface area contributed by atoms with Gasteiger partial charge in [-0.3, -0.25) is 14.8 Å². The average molecular weight is 380 g/mol. The van der Waals surface area contributed by atoms with Gasteiger partial charge >= 0.3 is 0 Å². The molecule has 0 spiro atoms. The number of benzene rings is 1. The van der Waals surface area contributed by atoms with Gasteiger partial charge in [0.2, 0.25) is 0 Å². The molecule has 3 heterocycles. The highest BCUT2D eigenvalue weighted by Gasteiger charge is 2.20. The van der Waals surface area contributed by atoms with Crippen molar-refractivity contribution in [1.29, 1.82) is 0 Å². The van der Waals surface area contributed by atoms with Crippen LogP contribution in [-0.4, -0.2) is 37.1 Å². The molecule has 1 fully saturated rings. The van der Waals surface area contributed by atoms with Crippen LogP contribution in [-0.2, 0) is 12.0 Å². The second-order valence-electron chi connectivity index (χ2n) is 8.94. The number of piperidine rings is 1. The third-order valence-corrected chi connectivity index (χ3v) is 5.71. The molecule has 6 nitrogen and oxygen atoms in total. The van der Waals surface area contributed by atoms with Crippen molar-refractivity contribution < 1.29 is 0 Å². The van der Waals surface area contributed by atoms with Crippen LogP contribution >= 0.6 is 0 Å². The summed E-state index contributed by atoms with van der Waals surface area (Å²) in [4.78, 5) is 24.2. The molecule has 28 heavy (non-hydrogen) atoms. The Balaban J connectivity index is 1.64. The van der Waals surface area contributed by atoms with Gasteiger partial charge in [-0.1, -0.05) is 51.5 Å². The Morgan fingerprint density at radius 2 is 1.89 bits per heavy atom. The van der Waals surface area contributed by atoms with Crippen LogP contribution in [0.4, 0.5) is 0 Å². The summed E-state index contributed by atoms with van der Waals surface area (Å²) < 4.78 is 1.43. The van der Waals surface area contributed by atoms with Crippen molar-refractivity contribution in [3.63, 3.8) is 0 Å². The lowest BCUT2D eigenvalue weighted by atomic mass is 9.87. The van der Waals surface area contributed by atoms with Crippen LogP contribution in [0.1, 0.15) is 58.2 Å². The zero-order chi connectivity index (χ0) is 19.9. The molecule has 1 N–H and O–H groups in total. The predicted octanol–water partition coefficient (Wildman–Crippen LogP) is 3.76. The second-order valence-corrected chi connectivity index (χ2v) is 8.94. The number of nitrogens with zero attached hydrogens (tertiary/aromatic N) is 4. The number of hydrogen-bond donors (Lipinski definition) is 1. The molecule has 1 aromatic carbocycles. The second kappa shape index (κ2) is 7.17. The van der Waals surface area contributed by atoms with Crippen molar-refractivity contribution in [2.75, 3.05) is 6.54 Å². The number of fused-ring (bicyclic) bond motifs is 1. The summed E-state index contributed by atoms with van der Waals surface area (Å²) in [6.45, 7) is 10.6. The van der Waals surface area contributed by atoms with E-state index in [1.54, 1.807) is 6.07 Å². The van der Waals surface area contributed by atoms with E-state index in [2.05, 4.69) is 59.8 Å². The van der Waals surface area contributed by atoms with E-state index in [-0.39, 0.29) is 11.0 Å². The molecule has 1 aliphatic rings. The maximum Gasteiger partial charge on any atom is 0.274 e. The van der Waals surface area contributed by atoms with Crippen molar-refractivity contribution in [1.82, 2.24) is 24.5 Å². The molecule has 0 bridgehead atoms. The van der Waals surface area contributed by atoms with Crippen LogP contribution in [0.15, 0.2) is 35.1 Å². The Labute approximate surface area is 165 Å². The first-order valence-electron chi connectivity index (χ1n) is 10.1. The zero-order valence-electron chi connectivity index (χ0n) is 17.2. The molecule has 2 aromatic heterocycles. The Morgan fingerprint density at radius 3 is 2.57 bits per heavy atom. The van der Waals surface area contributed by atoms with Gasteiger partial charge in [0.25, 0.3) is 11.3 Å². The first kappa shape index (κ1) is 18.9. The normalized spacial score (nSPS) is 18.6. The third kappa shape index (κ3) is 3.74. The first-order chi connectivity index (χ1) is 13.3. The van der Waals surface area contributed by atoms with Crippen LogP contribution in [0.5, 0.6) is 0 Å². The van der Waals surface area contributed by atoms with Gasteiger partial charge < -0.3 is 0 Å². The molecular formula is C22H29N5O. The minimum atomic E-state index is -0.116. The van der Waals surface area contributed by atoms with Crippen LogP contribution in [0, 0.1) is 0 Å². The molecule has 1 aliphatic heterocycles.